The zero-order chi connectivity index (χ0) is 24.3. The molecule has 4 aromatic rings. The van der Waals surface area contributed by atoms with E-state index in [-0.39, 0.29) is 18.0 Å². The minimum absolute atomic E-state index is 0.120. The van der Waals surface area contributed by atoms with Gasteiger partial charge in [-0.05, 0) is 39.0 Å². The maximum absolute atomic E-state index is 13.9. The number of carbonyl (C=O) groups is 1. The Bertz CT molecular complexity index is 1530. The minimum atomic E-state index is -0.264. The summed E-state index contributed by atoms with van der Waals surface area (Å²) in [5.74, 6) is 0.250. The zero-order valence-corrected chi connectivity index (χ0v) is 20.6. The highest BCUT2D eigenvalue weighted by Crippen LogP contribution is 2.40. The van der Waals surface area contributed by atoms with E-state index in [0.717, 1.165) is 33.4 Å². The average Bonchev–Trinajstić information content (AvgIpc) is 3.25. The Morgan fingerprint density at radius 3 is 2.59 bits per heavy atom. The number of amides is 1. The van der Waals surface area contributed by atoms with E-state index < -0.39 is 0 Å². The summed E-state index contributed by atoms with van der Waals surface area (Å²) in [6.07, 6.45) is 1.98. The van der Waals surface area contributed by atoms with Crippen LogP contribution in [0.4, 0.5) is 0 Å². The van der Waals surface area contributed by atoms with Crippen LogP contribution in [-0.4, -0.2) is 43.8 Å². The van der Waals surface area contributed by atoms with Crippen molar-refractivity contribution in [2.24, 2.45) is 7.05 Å². The molecule has 0 bridgehead atoms. The quantitative estimate of drug-likeness (QED) is 0.480. The molecule has 0 saturated heterocycles. The van der Waals surface area contributed by atoms with Crippen LogP contribution in [0.2, 0.25) is 5.02 Å². The Morgan fingerprint density at radius 2 is 1.91 bits per heavy atom. The van der Waals surface area contributed by atoms with Crippen LogP contribution in [0.15, 0.2) is 29.2 Å². The van der Waals surface area contributed by atoms with Gasteiger partial charge in [-0.25, -0.2) is 0 Å². The van der Waals surface area contributed by atoms with E-state index in [1.165, 1.54) is 7.11 Å². The number of aromatic nitrogens is 4. The van der Waals surface area contributed by atoms with E-state index in [1.54, 1.807) is 17.9 Å². The lowest BCUT2D eigenvalue weighted by molar-refractivity contribution is 0.0744. The van der Waals surface area contributed by atoms with Gasteiger partial charge in [0.2, 0.25) is 0 Å². The summed E-state index contributed by atoms with van der Waals surface area (Å²) in [5.41, 5.74) is 5.64. The van der Waals surface area contributed by atoms with Crippen molar-refractivity contribution >= 4 is 28.4 Å². The van der Waals surface area contributed by atoms with Crippen LogP contribution < -0.4 is 10.3 Å². The number of halogens is 1. The number of nitrogens with zero attached hydrogens (tertiary/aromatic N) is 4. The molecule has 1 aromatic carbocycles. The van der Waals surface area contributed by atoms with E-state index >= 15 is 0 Å². The van der Waals surface area contributed by atoms with Crippen molar-refractivity contribution < 1.29 is 9.53 Å². The van der Waals surface area contributed by atoms with Gasteiger partial charge in [-0.15, -0.1) is 0 Å². The maximum atomic E-state index is 13.9. The van der Waals surface area contributed by atoms with Crippen molar-refractivity contribution in [2.45, 2.75) is 33.9 Å². The third kappa shape index (κ3) is 3.32. The molecule has 9 heteroatoms. The second-order valence-electron chi connectivity index (χ2n) is 8.78. The summed E-state index contributed by atoms with van der Waals surface area (Å²) < 4.78 is 9.32. The number of rotatable bonds is 4. The van der Waals surface area contributed by atoms with E-state index in [2.05, 4.69) is 14.6 Å². The third-order valence-electron chi connectivity index (χ3n) is 6.68. The van der Waals surface area contributed by atoms with Crippen LogP contribution >= 0.6 is 11.6 Å². The molecule has 0 atom stereocenters. The fourth-order valence-corrected chi connectivity index (χ4v) is 5.25. The lowest BCUT2D eigenvalue weighted by Crippen LogP contribution is -2.34. The SMILES string of the molecule is COc1cc(C)[nH]c(=O)c1CN1CCn2ccc3cc(-c4c(C)nn(C)c4C)c(Cl)c(c32)C1=O. The second kappa shape index (κ2) is 8.06. The topological polar surface area (TPSA) is 85.2 Å². The van der Waals surface area contributed by atoms with Crippen LogP contribution in [-0.2, 0) is 20.1 Å². The molecule has 3 aromatic heterocycles. The molecule has 1 amide bonds. The molecule has 0 radical (unpaired) electrons. The highest BCUT2D eigenvalue weighted by molar-refractivity contribution is 6.38. The molecular formula is C25H26ClN5O3. The number of pyridine rings is 1. The van der Waals surface area contributed by atoms with Gasteiger partial charge in [0.1, 0.15) is 5.75 Å². The third-order valence-corrected chi connectivity index (χ3v) is 7.07. The fraction of sp³-hybridized carbons (Fsp3) is 0.320. The van der Waals surface area contributed by atoms with Gasteiger partial charge in [-0.3, -0.25) is 14.3 Å². The average molecular weight is 480 g/mol. The summed E-state index contributed by atoms with van der Waals surface area (Å²) in [7, 11) is 3.42. The number of hydrogen-bond acceptors (Lipinski definition) is 4. The normalized spacial score (nSPS) is 13.6. The van der Waals surface area contributed by atoms with Gasteiger partial charge in [0, 0.05) is 54.2 Å². The second-order valence-corrected chi connectivity index (χ2v) is 9.16. The van der Waals surface area contributed by atoms with Crippen molar-refractivity contribution in [1.82, 2.24) is 24.2 Å². The molecular weight excluding hydrogens is 454 g/mol. The molecule has 8 nitrogen and oxygen atoms in total. The van der Waals surface area contributed by atoms with Crippen LogP contribution in [0.25, 0.3) is 22.0 Å². The Hall–Kier alpha value is -3.52. The van der Waals surface area contributed by atoms with Gasteiger partial charge in [0.15, 0.2) is 0 Å². The van der Waals surface area contributed by atoms with Gasteiger partial charge < -0.3 is 19.2 Å². The number of aromatic amines is 1. The van der Waals surface area contributed by atoms with Crippen LogP contribution in [0.3, 0.4) is 0 Å². The summed E-state index contributed by atoms with van der Waals surface area (Å²) in [5, 5.41) is 5.87. The molecule has 1 aliphatic rings. The van der Waals surface area contributed by atoms with Crippen molar-refractivity contribution in [3.63, 3.8) is 0 Å². The molecule has 0 fully saturated rings. The number of carbonyl (C=O) groups excluding carboxylic acids is 1. The standard InChI is InChI=1S/C25H26ClN5O3/c1-13-10-19(34-5)18(24(32)27-13)12-31-9-8-30-7-6-16-11-17(20-14(2)28-29(4)15(20)3)22(26)21(23(16)30)25(31)33/h6-7,10-11H,8-9,12H2,1-5H3,(H,27,32). The number of nitrogens with one attached hydrogen (secondary N) is 1. The van der Waals surface area contributed by atoms with Gasteiger partial charge in [-0.1, -0.05) is 11.6 Å². The molecule has 5 rings (SSSR count). The number of H-pyrrole nitrogens is 1. The van der Waals surface area contributed by atoms with Crippen LogP contribution in [0.1, 0.15) is 33.0 Å². The van der Waals surface area contributed by atoms with Gasteiger partial charge in [0.25, 0.3) is 11.5 Å². The van der Waals surface area contributed by atoms with E-state index in [9.17, 15) is 9.59 Å². The Kier molecular flexibility index (Phi) is 5.28. The Morgan fingerprint density at radius 1 is 1.15 bits per heavy atom. The predicted molar refractivity (Wildman–Crippen MR) is 132 cm³/mol. The fourth-order valence-electron chi connectivity index (χ4n) is 4.93. The van der Waals surface area contributed by atoms with Gasteiger partial charge in [0.05, 0.1) is 41.0 Å². The molecule has 176 valence electrons. The molecule has 0 spiro atoms. The van der Waals surface area contributed by atoms with E-state index in [4.69, 9.17) is 16.3 Å². The molecule has 0 unspecified atom stereocenters. The smallest absolute Gasteiger partial charge is 0.257 e. The maximum Gasteiger partial charge on any atom is 0.257 e. The number of hydrogen-bond donors (Lipinski definition) is 1. The lowest BCUT2D eigenvalue weighted by atomic mass is 9.98. The number of methoxy groups -OCH3 is 1. The van der Waals surface area contributed by atoms with Crippen molar-refractivity contribution in [3.8, 4) is 16.9 Å². The van der Waals surface area contributed by atoms with Gasteiger partial charge in [-0.2, -0.15) is 5.10 Å². The first-order valence-electron chi connectivity index (χ1n) is 11.1. The predicted octanol–water partition coefficient (Wildman–Crippen LogP) is 3.97. The monoisotopic (exact) mass is 479 g/mol. The molecule has 4 heterocycles. The molecule has 0 aliphatic carbocycles. The van der Waals surface area contributed by atoms with Gasteiger partial charge >= 0.3 is 0 Å². The molecule has 34 heavy (non-hydrogen) atoms. The van der Waals surface area contributed by atoms with Crippen LogP contribution in [0.5, 0.6) is 5.75 Å². The number of ether oxygens (including phenoxy) is 1. The minimum Gasteiger partial charge on any atom is -0.496 e. The summed E-state index contributed by atoms with van der Waals surface area (Å²) in [6.45, 7) is 6.87. The number of benzene rings is 1. The van der Waals surface area contributed by atoms with Crippen molar-refractivity contribution in [1.29, 1.82) is 0 Å². The first-order chi connectivity index (χ1) is 16.2. The highest BCUT2D eigenvalue weighted by Gasteiger charge is 2.30. The first-order valence-corrected chi connectivity index (χ1v) is 11.5. The molecule has 1 N–H and O–H groups in total. The van der Waals surface area contributed by atoms with Crippen molar-refractivity contribution in [3.05, 3.63) is 68.0 Å². The zero-order valence-electron chi connectivity index (χ0n) is 19.8. The Labute approximate surface area is 201 Å². The highest BCUT2D eigenvalue weighted by atomic mass is 35.5. The number of aryl methyl sites for hydroxylation is 3. The van der Waals surface area contributed by atoms with Crippen LogP contribution in [0, 0.1) is 20.8 Å². The van der Waals surface area contributed by atoms with E-state index in [0.29, 0.717) is 40.7 Å². The molecule has 0 saturated carbocycles. The summed E-state index contributed by atoms with van der Waals surface area (Å²) >= 11 is 6.99. The van der Waals surface area contributed by atoms with E-state index in [1.807, 2.05) is 43.9 Å². The van der Waals surface area contributed by atoms with Crippen molar-refractivity contribution in [2.75, 3.05) is 13.7 Å². The first kappa shape index (κ1) is 22.3. The summed E-state index contributed by atoms with van der Waals surface area (Å²) in [4.78, 5) is 31.1. The Balaban J connectivity index is 1.67. The largest absolute Gasteiger partial charge is 0.496 e. The summed E-state index contributed by atoms with van der Waals surface area (Å²) in [6, 6.07) is 5.81. The molecule has 1 aliphatic heterocycles. The lowest BCUT2D eigenvalue weighted by Gasteiger charge is -2.22.